The van der Waals surface area contributed by atoms with Gasteiger partial charge in [-0.05, 0) is 56.3 Å². The highest BCUT2D eigenvalue weighted by Crippen LogP contribution is 2.50. The van der Waals surface area contributed by atoms with Crippen molar-refractivity contribution in [3.05, 3.63) is 18.0 Å². The Hall–Kier alpha value is -1.32. The van der Waals surface area contributed by atoms with Gasteiger partial charge in [0.2, 0.25) is 0 Å². The van der Waals surface area contributed by atoms with E-state index in [-0.39, 0.29) is 5.91 Å². The number of hydrogen-bond acceptors (Lipinski definition) is 3. The highest BCUT2D eigenvalue weighted by atomic mass is 16.5. The van der Waals surface area contributed by atoms with E-state index in [0.29, 0.717) is 11.7 Å². The molecule has 2 bridgehead atoms. The molecule has 4 rings (SSSR count). The van der Waals surface area contributed by atoms with Gasteiger partial charge in [0.15, 0.2) is 5.69 Å². The molecule has 0 aromatic carbocycles. The first kappa shape index (κ1) is 12.4. The molecule has 4 heteroatoms. The van der Waals surface area contributed by atoms with E-state index in [2.05, 4.69) is 5.16 Å². The van der Waals surface area contributed by atoms with Crippen LogP contribution in [0.25, 0.3) is 0 Å². The summed E-state index contributed by atoms with van der Waals surface area (Å²) in [6.45, 7) is 0.886. The van der Waals surface area contributed by atoms with Crippen LogP contribution >= 0.6 is 0 Å². The predicted molar refractivity (Wildman–Crippen MR) is 74.1 cm³/mol. The normalized spacial score (nSPS) is 35.9. The third-order valence-corrected chi connectivity index (χ3v) is 5.75. The molecule has 1 aromatic heterocycles. The summed E-state index contributed by atoms with van der Waals surface area (Å²) < 4.78 is 4.81. The summed E-state index contributed by atoms with van der Waals surface area (Å²) in [5.41, 5.74) is 0.463. The van der Waals surface area contributed by atoms with E-state index in [9.17, 15) is 4.79 Å². The van der Waals surface area contributed by atoms with E-state index >= 15 is 0 Å². The molecule has 4 atom stereocenters. The van der Waals surface area contributed by atoms with Gasteiger partial charge in [0.1, 0.15) is 6.26 Å². The molecular weight excluding hydrogens is 252 g/mol. The maximum absolute atomic E-state index is 12.5. The highest BCUT2D eigenvalue weighted by Gasteiger charge is 2.42. The Labute approximate surface area is 119 Å². The zero-order chi connectivity index (χ0) is 13.5. The SMILES string of the molecule is O=C(c1ccon1)N1CCC[C@H]1C[C@@H]1C[C@@H]2CC[C@@H]1C2. The van der Waals surface area contributed by atoms with Crippen molar-refractivity contribution in [2.75, 3.05) is 6.54 Å². The average molecular weight is 274 g/mol. The number of likely N-dealkylation sites (tertiary alicyclic amines) is 1. The van der Waals surface area contributed by atoms with Crippen molar-refractivity contribution in [1.82, 2.24) is 10.1 Å². The summed E-state index contributed by atoms with van der Waals surface area (Å²) in [4.78, 5) is 14.5. The van der Waals surface area contributed by atoms with Gasteiger partial charge in [-0.1, -0.05) is 11.6 Å². The second-order valence-electron chi connectivity index (χ2n) is 6.85. The van der Waals surface area contributed by atoms with Crippen molar-refractivity contribution in [2.24, 2.45) is 17.8 Å². The standard InChI is InChI=1S/C16H22N2O2/c19-16(15-5-7-20-17-15)18-6-1-2-14(18)10-13-9-11-3-4-12(13)8-11/h5,7,11-14H,1-4,6,8-10H2/t11-,12-,13+,14+/m1/s1. The second kappa shape index (κ2) is 4.90. The summed E-state index contributed by atoms with van der Waals surface area (Å²) in [5.74, 6) is 2.87. The number of fused-ring (bicyclic) bond motifs is 2. The lowest BCUT2D eigenvalue weighted by Crippen LogP contribution is -2.37. The van der Waals surface area contributed by atoms with Gasteiger partial charge < -0.3 is 9.42 Å². The first-order valence-corrected chi connectivity index (χ1v) is 8.02. The molecule has 3 fully saturated rings. The van der Waals surface area contributed by atoms with E-state index in [0.717, 1.165) is 37.1 Å². The van der Waals surface area contributed by atoms with Gasteiger partial charge in [0.05, 0.1) is 0 Å². The smallest absolute Gasteiger partial charge is 0.276 e. The minimum Gasteiger partial charge on any atom is -0.364 e. The van der Waals surface area contributed by atoms with Gasteiger partial charge in [-0.15, -0.1) is 0 Å². The van der Waals surface area contributed by atoms with Gasteiger partial charge in [-0.25, -0.2) is 0 Å². The van der Waals surface area contributed by atoms with Crippen LogP contribution in [0.3, 0.4) is 0 Å². The van der Waals surface area contributed by atoms with Crippen molar-refractivity contribution in [3.63, 3.8) is 0 Å². The molecule has 4 nitrogen and oxygen atoms in total. The molecule has 0 spiro atoms. The van der Waals surface area contributed by atoms with Crippen molar-refractivity contribution in [2.45, 2.75) is 51.0 Å². The van der Waals surface area contributed by atoms with Gasteiger partial charge in [0, 0.05) is 18.7 Å². The lowest BCUT2D eigenvalue weighted by Gasteiger charge is -2.29. The van der Waals surface area contributed by atoms with Crippen LogP contribution in [0.1, 0.15) is 55.4 Å². The molecular formula is C16H22N2O2. The topological polar surface area (TPSA) is 46.3 Å². The monoisotopic (exact) mass is 274 g/mol. The summed E-state index contributed by atoms with van der Waals surface area (Å²) in [6.07, 6.45) is 10.7. The fourth-order valence-electron chi connectivity index (χ4n) is 4.83. The molecule has 108 valence electrons. The molecule has 1 aromatic rings. The van der Waals surface area contributed by atoms with Crippen LogP contribution in [0, 0.1) is 17.8 Å². The van der Waals surface area contributed by atoms with Gasteiger partial charge >= 0.3 is 0 Å². The maximum atomic E-state index is 12.5. The van der Waals surface area contributed by atoms with Crippen LogP contribution in [0.5, 0.6) is 0 Å². The third kappa shape index (κ3) is 2.05. The Bertz CT molecular complexity index is 485. The van der Waals surface area contributed by atoms with Crippen molar-refractivity contribution in [3.8, 4) is 0 Å². The highest BCUT2D eigenvalue weighted by molar-refractivity contribution is 5.92. The number of nitrogens with zero attached hydrogens (tertiary/aromatic N) is 2. The number of carbonyl (C=O) groups excluding carboxylic acids is 1. The predicted octanol–water partition coefficient (Wildman–Crippen LogP) is 3.11. The van der Waals surface area contributed by atoms with E-state index in [1.165, 1.54) is 38.4 Å². The number of amides is 1. The molecule has 1 saturated heterocycles. The zero-order valence-electron chi connectivity index (χ0n) is 11.8. The van der Waals surface area contributed by atoms with Gasteiger partial charge in [-0.3, -0.25) is 4.79 Å². The van der Waals surface area contributed by atoms with Crippen LogP contribution in [0.4, 0.5) is 0 Å². The molecule has 2 saturated carbocycles. The first-order chi connectivity index (χ1) is 9.81. The molecule has 2 aliphatic carbocycles. The Morgan fingerprint density at radius 2 is 2.30 bits per heavy atom. The fourth-order valence-corrected chi connectivity index (χ4v) is 4.83. The Morgan fingerprint density at radius 3 is 3.00 bits per heavy atom. The van der Waals surface area contributed by atoms with Crippen LogP contribution in [0.2, 0.25) is 0 Å². The average Bonchev–Trinajstić information content (AvgIpc) is 3.23. The van der Waals surface area contributed by atoms with Crippen molar-refractivity contribution in [1.29, 1.82) is 0 Å². The second-order valence-corrected chi connectivity index (χ2v) is 6.85. The Kier molecular flexibility index (Phi) is 3.04. The fraction of sp³-hybridized carbons (Fsp3) is 0.750. The summed E-state index contributed by atoms with van der Waals surface area (Å²) in [6, 6.07) is 2.11. The molecule has 1 amide bonds. The van der Waals surface area contributed by atoms with Crippen LogP contribution in [-0.2, 0) is 0 Å². The Morgan fingerprint density at radius 1 is 1.35 bits per heavy atom. The lowest BCUT2D eigenvalue weighted by molar-refractivity contribution is 0.0697. The summed E-state index contributed by atoms with van der Waals surface area (Å²) >= 11 is 0. The quantitative estimate of drug-likeness (QED) is 0.850. The molecule has 0 N–H and O–H groups in total. The minimum atomic E-state index is 0.0596. The van der Waals surface area contributed by atoms with E-state index in [4.69, 9.17) is 4.52 Å². The maximum Gasteiger partial charge on any atom is 0.276 e. The molecule has 2 heterocycles. The van der Waals surface area contributed by atoms with Gasteiger partial charge in [0.25, 0.3) is 5.91 Å². The minimum absolute atomic E-state index is 0.0596. The number of hydrogen-bond donors (Lipinski definition) is 0. The van der Waals surface area contributed by atoms with E-state index < -0.39 is 0 Å². The van der Waals surface area contributed by atoms with Crippen LogP contribution in [-0.4, -0.2) is 28.6 Å². The van der Waals surface area contributed by atoms with Crippen molar-refractivity contribution < 1.29 is 9.32 Å². The summed E-state index contributed by atoms with van der Waals surface area (Å²) in [7, 11) is 0. The molecule has 0 unspecified atom stereocenters. The number of rotatable bonds is 3. The molecule has 1 aliphatic heterocycles. The van der Waals surface area contributed by atoms with Crippen molar-refractivity contribution >= 4 is 5.91 Å². The molecule has 20 heavy (non-hydrogen) atoms. The number of aromatic nitrogens is 1. The largest absolute Gasteiger partial charge is 0.364 e. The molecule has 3 aliphatic rings. The number of carbonyl (C=O) groups is 1. The Balaban J connectivity index is 1.43. The summed E-state index contributed by atoms with van der Waals surface area (Å²) in [5, 5.41) is 3.80. The van der Waals surface area contributed by atoms with Crippen LogP contribution < -0.4 is 0 Å². The third-order valence-electron chi connectivity index (χ3n) is 5.75. The van der Waals surface area contributed by atoms with E-state index in [1.54, 1.807) is 6.07 Å². The molecule has 0 radical (unpaired) electrons. The van der Waals surface area contributed by atoms with E-state index in [1.807, 2.05) is 4.90 Å². The van der Waals surface area contributed by atoms with Crippen LogP contribution in [0.15, 0.2) is 16.9 Å². The van der Waals surface area contributed by atoms with Gasteiger partial charge in [-0.2, -0.15) is 0 Å². The lowest BCUT2D eigenvalue weighted by atomic mass is 9.83. The first-order valence-electron chi connectivity index (χ1n) is 8.02. The zero-order valence-corrected chi connectivity index (χ0v) is 11.8.